The van der Waals surface area contributed by atoms with Gasteiger partial charge >= 0.3 is 0 Å². The van der Waals surface area contributed by atoms with E-state index in [9.17, 15) is 8.42 Å². The molecule has 0 saturated carbocycles. The highest BCUT2D eigenvalue weighted by Gasteiger charge is 2.25. The van der Waals surface area contributed by atoms with E-state index >= 15 is 0 Å². The van der Waals surface area contributed by atoms with Gasteiger partial charge in [-0.3, -0.25) is 0 Å². The van der Waals surface area contributed by atoms with E-state index in [2.05, 4.69) is 10.1 Å². The number of rotatable bonds is 6. The Bertz CT molecular complexity index is 1500. The fourth-order valence-corrected chi connectivity index (χ4v) is 5.07. The number of methoxy groups -OCH3 is 1. The number of ether oxygens (including phenoxy) is 1. The number of aryl methyl sites for hydroxylation is 2. The predicted octanol–water partition coefficient (Wildman–Crippen LogP) is 4.28. The summed E-state index contributed by atoms with van der Waals surface area (Å²) in [6, 6.07) is 13.1. The Morgan fingerprint density at radius 3 is 2.60 bits per heavy atom. The largest absolute Gasteiger partial charge is 0.495 e. The molecule has 4 aromatic rings. The number of nitrogens with zero attached hydrogens (tertiary/aromatic N) is 5. The van der Waals surface area contributed by atoms with Crippen molar-refractivity contribution in [3.05, 3.63) is 83.5 Å². The second kappa shape index (κ2) is 9.14. The molecule has 3 heterocycles. The Morgan fingerprint density at radius 2 is 1.91 bits per heavy atom. The minimum Gasteiger partial charge on any atom is -0.495 e. The van der Waals surface area contributed by atoms with Crippen LogP contribution in [0, 0.1) is 6.92 Å². The summed E-state index contributed by atoms with van der Waals surface area (Å²) in [5.41, 5.74) is 3.89. The quantitative estimate of drug-likeness (QED) is 0.401. The molecule has 35 heavy (non-hydrogen) atoms. The lowest BCUT2D eigenvalue weighted by molar-refractivity contribution is 0.413. The zero-order chi connectivity index (χ0) is 24.6. The molecular formula is C26H27N5O3S. The number of sulfone groups is 1. The summed E-state index contributed by atoms with van der Waals surface area (Å²) in [6.07, 6.45) is 10.8. The van der Waals surface area contributed by atoms with E-state index in [1.165, 1.54) is 6.26 Å². The Kier molecular flexibility index (Phi) is 6.02. The minimum absolute atomic E-state index is 0.0880. The van der Waals surface area contributed by atoms with Gasteiger partial charge in [-0.05, 0) is 61.2 Å². The van der Waals surface area contributed by atoms with Gasteiger partial charge in [0.1, 0.15) is 11.6 Å². The first-order valence-electron chi connectivity index (χ1n) is 11.4. The molecule has 2 aromatic carbocycles. The molecule has 1 atom stereocenters. The van der Waals surface area contributed by atoms with Gasteiger partial charge in [-0.2, -0.15) is 5.10 Å². The summed E-state index contributed by atoms with van der Waals surface area (Å²) >= 11 is 0. The smallest absolute Gasteiger partial charge is 0.175 e. The van der Waals surface area contributed by atoms with Crippen molar-refractivity contribution in [1.82, 2.24) is 24.3 Å². The third-order valence-corrected chi connectivity index (χ3v) is 7.35. The van der Waals surface area contributed by atoms with E-state index in [0.717, 1.165) is 53.5 Å². The lowest BCUT2D eigenvalue weighted by Gasteiger charge is -2.22. The average molecular weight is 490 g/mol. The van der Waals surface area contributed by atoms with E-state index in [1.807, 2.05) is 64.9 Å². The number of hydrogen-bond donors (Lipinski definition) is 0. The van der Waals surface area contributed by atoms with Crippen LogP contribution in [0.2, 0.25) is 0 Å². The fraction of sp³-hybridized carbons (Fsp3) is 0.269. The maximum absolute atomic E-state index is 11.8. The standard InChI is InChI=1S/C26H27N5O3S/c1-18-16-30(17-27-18)23-12-6-19(15-24(23)34-2)7-13-25-28-26-22(5-4-14-31(26)29-25)20-8-10-21(11-9-20)35(3,32)33/h6-13,15-17,22H,4-5,14H2,1-3H3. The molecule has 0 fully saturated rings. The highest BCUT2D eigenvalue weighted by molar-refractivity contribution is 7.90. The molecular weight excluding hydrogens is 462 g/mol. The van der Waals surface area contributed by atoms with Crippen LogP contribution in [0.1, 0.15) is 47.2 Å². The summed E-state index contributed by atoms with van der Waals surface area (Å²) in [7, 11) is -1.56. The normalized spacial score (nSPS) is 15.9. The van der Waals surface area contributed by atoms with Crippen molar-refractivity contribution in [2.24, 2.45) is 0 Å². The number of hydrogen-bond acceptors (Lipinski definition) is 6. The first-order valence-corrected chi connectivity index (χ1v) is 13.3. The fourth-order valence-electron chi connectivity index (χ4n) is 4.44. The van der Waals surface area contributed by atoms with Crippen molar-refractivity contribution in [2.75, 3.05) is 13.4 Å². The molecule has 0 amide bonds. The Labute approximate surface area is 204 Å². The van der Waals surface area contributed by atoms with E-state index in [1.54, 1.807) is 25.6 Å². The summed E-state index contributed by atoms with van der Waals surface area (Å²) in [6.45, 7) is 2.77. The van der Waals surface area contributed by atoms with Gasteiger partial charge in [-0.25, -0.2) is 23.1 Å². The van der Waals surface area contributed by atoms with Gasteiger partial charge in [0.15, 0.2) is 15.7 Å². The molecule has 0 radical (unpaired) electrons. The third-order valence-electron chi connectivity index (χ3n) is 6.22. The number of fused-ring (bicyclic) bond motifs is 1. The third kappa shape index (κ3) is 4.77. The van der Waals surface area contributed by atoms with Crippen LogP contribution in [0.4, 0.5) is 0 Å². The van der Waals surface area contributed by atoms with E-state index < -0.39 is 9.84 Å². The van der Waals surface area contributed by atoms with Crippen LogP contribution >= 0.6 is 0 Å². The lowest BCUT2D eigenvalue weighted by atomic mass is 9.91. The van der Waals surface area contributed by atoms with Crippen LogP contribution in [-0.2, 0) is 16.4 Å². The Hall–Kier alpha value is -3.72. The second-order valence-corrected chi connectivity index (χ2v) is 10.8. The minimum atomic E-state index is -3.22. The summed E-state index contributed by atoms with van der Waals surface area (Å²) in [5.74, 6) is 2.39. The number of aromatic nitrogens is 5. The Balaban J connectivity index is 1.39. The van der Waals surface area contributed by atoms with Gasteiger partial charge in [0.2, 0.25) is 0 Å². The monoisotopic (exact) mass is 489 g/mol. The first kappa shape index (κ1) is 23.0. The molecule has 0 aliphatic carbocycles. The SMILES string of the molecule is COc1cc(C=Cc2nc3n(n2)CCCC3c2ccc(S(C)(=O)=O)cc2)ccc1-n1cnc(C)c1. The van der Waals surface area contributed by atoms with Gasteiger partial charge in [0, 0.05) is 24.9 Å². The van der Waals surface area contributed by atoms with Gasteiger partial charge < -0.3 is 9.30 Å². The highest BCUT2D eigenvalue weighted by Crippen LogP contribution is 2.33. The molecule has 0 bridgehead atoms. The maximum Gasteiger partial charge on any atom is 0.175 e. The van der Waals surface area contributed by atoms with Crippen molar-refractivity contribution in [2.45, 2.75) is 37.1 Å². The molecule has 0 spiro atoms. The first-order chi connectivity index (χ1) is 16.8. The van der Waals surface area contributed by atoms with Crippen molar-refractivity contribution < 1.29 is 13.2 Å². The molecule has 0 saturated heterocycles. The average Bonchev–Trinajstić information content (AvgIpc) is 3.47. The van der Waals surface area contributed by atoms with Crippen molar-refractivity contribution in [3.63, 3.8) is 0 Å². The van der Waals surface area contributed by atoms with Gasteiger partial charge in [-0.1, -0.05) is 24.3 Å². The van der Waals surface area contributed by atoms with Crippen LogP contribution in [0.25, 0.3) is 17.8 Å². The highest BCUT2D eigenvalue weighted by atomic mass is 32.2. The molecule has 9 heteroatoms. The molecule has 8 nitrogen and oxygen atoms in total. The van der Waals surface area contributed by atoms with Gasteiger partial charge in [0.05, 0.1) is 29.7 Å². The zero-order valence-corrected chi connectivity index (χ0v) is 20.7. The van der Waals surface area contributed by atoms with Crippen LogP contribution < -0.4 is 4.74 Å². The van der Waals surface area contributed by atoms with Crippen molar-refractivity contribution in [3.8, 4) is 11.4 Å². The maximum atomic E-state index is 11.8. The van der Waals surface area contributed by atoms with E-state index in [-0.39, 0.29) is 5.92 Å². The van der Waals surface area contributed by atoms with Crippen LogP contribution in [0.5, 0.6) is 5.75 Å². The molecule has 5 rings (SSSR count). The molecule has 1 aliphatic rings. The van der Waals surface area contributed by atoms with Crippen LogP contribution in [0.3, 0.4) is 0 Å². The molecule has 180 valence electrons. The summed E-state index contributed by atoms with van der Waals surface area (Å²) in [5, 5.41) is 4.69. The molecule has 2 aromatic heterocycles. The zero-order valence-electron chi connectivity index (χ0n) is 19.9. The van der Waals surface area contributed by atoms with E-state index in [0.29, 0.717) is 10.7 Å². The van der Waals surface area contributed by atoms with Gasteiger partial charge in [-0.15, -0.1) is 0 Å². The lowest BCUT2D eigenvalue weighted by Crippen LogP contribution is -2.18. The summed E-state index contributed by atoms with van der Waals surface area (Å²) in [4.78, 5) is 9.42. The van der Waals surface area contributed by atoms with Crippen molar-refractivity contribution >= 4 is 22.0 Å². The Morgan fingerprint density at radius 1 is 1.11 bits per heavy atom. The summed E-state index contributed by atoms with van der Waals surface area (Å²) < 4.78 is 33.1. The van der Waals surface area contributed by atoms with E-state index in [4.69, 9.17) is 9.72 Å². The predicted molar refractivity (Wildman–Crippen MR) is 134 cm³/mol. The molecule has 1 unspecified atom stereocenters. The second-order valence-electron chi connectivity index (χ2n) is 8.77. The van der Waals surface area contributed by atoms with Crippen LogP contribution in [0.15, 0.2) is 59.9 Å². The van der Waals surface area contributed by atoms with Gasteiger partial charge in [0.25, 0.3) is 0 Å². The molecule has 1 aliphatic heterocycles. The number of imidazole rings is 1. The van der Waals surface area contributed by atoms with Crippen molar-refractivity contribution in [1.29, 1.82) is 0 Å². The topological polar surface area (TPSA) is 91.9 Å². The number of benzene rings is 2. The molecule has 0 N–H and O–H groups in total. The van der Waals surface area contributed by atoms with Crippen LogP contribution in [-0.4, -0.2) is 46.1 Å².